The quantitative estimate of drug-likeness (QED) is 0.288. The van der Waals surface area contributed by atoms with Crippen LogP contribution in [0.3, 0.4) is 0 Å². The third-order valence-electron chi connectivity index (χ3n) is 3.10. The molecule has 0 N–H and O–H groups in total. The Morgan fingerprint density at radius 2 is 0.957 bits per heavy atom. The third-order valence-corrected chi connectivity index (χ3v) is 3.10. The Bertz CT molecular complexity index is 641. The standard InChI is InChI=1S/2C9H7.C2H4.CH3.BrH.Zr/c2*1-2-5-9-7-3-6-8(9)4-1;1-2;;;/h2*1-7H;1-2H2;1H3;1H;/q2*-1;;-1;;+4/p-1. The van der Waals surface area contributed by atoms with Gasteiger partial charge in [-0.2, -0.15) is 35.0 Å². The molecule has 0 spiro atoms. The molecule has 0 unspecified atom stereocenters. The van der Waals surface area contributed by atoms with E-state index in [0.717, 1.165) is 0 Å². The van der Waals surface area contributed by atoms with Gasteiger partial charge in [0.1, 0.15) is 0 Å². The van der Waals surface area contributed by atoms with Crippen LogP contribution in [0, 0.1) is 7.43 Å². The van der Waals surface area contributed by atoms with Gasteiger partial charge < -0.3 is 24.4 Å². The monoisotopic (exact) mass is 442 g/mol. The van der Waals surface area contributed by atoms with Crippen molar-refractivity contribution in [3.05, 3.63) is 106 Å². The predicted octanol–water partition coefficient (Wildman–Crippen LogP) is 3.37. The molecule has 0 bridgehead atoms. The van der Waals surface area contributed by atoms with E-state index in [-0.39, 0.29) is 50.6 Å². The summed E-state index contributed by atoms with van der Waals surface area (Å²) in [6.45, 7) is 6.00. The second kappa shape index (κ2) is 13.2. The fourth-order valence-corrected chi connectivity index (χ4v) is 2.14. The number of halogens is 1. The van der Waals surface area contributed by atoms with Gasteiger partial charge in [-0.25, -0.2) is 0 Å². The minimum absolute atomic E-state index is 0. The fraction of sp³-hybridized carbons (Fsp3) is 0. The minimum atomic E-state index is 0. The van der Waals surface area contributed by atoms with Crippen molar-refractivity contribution in [2.24, 2.45) is 0 Å². The molecule has 4 rings (SSSR count). The normalized spacial score (nSPS) is 8.17. The molecule has 0 saturated heterocycles. The summed E-state index contributed by atoms with van der Waals surface area (Å²) in [5.41, 5.74) is 0. The van der Waals surface area contributed by atoms with Crippen LogP contribution in [0.15, 0.2) is 98.1 Å². The molecule has 4 aromatic carbocycles. The number of hydrogen-bond acceptors (Lipinski definition) is 0. The Morgan fingerprint density at radius 1 is 0.609 bits per heavy atom. The van der Waals surface area contributed by atoms with Gasteiger partial charge >= 0.3 is 26.2 Å². The summed E-state index contributed by atoms with van der Waals surface area (Å²) < 4.78 is 0. The Morgan fingerprint density at radius 3 is 1.30 bits per heavy atom. The second-order valence-corrected chi connectivity index (χ2v) is 4.31. The smallest absolute Gasteiger partial charge is 1.00 e. The molecule has 23 heavy (non-hydrogen) atoms. The van der Waals surface area contributed by atoms with Crippen LogP contribution in [-0.2, 0) is 26.2 Å². The summed E-state index contributed by atoms with van der Waals surface area (Å²) in [5, 5.41) is 5.32. The van der Waals surface area contributed by atoms with Crippen LogP contribution in [0.5, 0.6) is 0 Å². The van der Waals surface area contributed by atoms with Crippen molar-refractivity contribution in [2.75, 3.05) is 0 Å². The molecule has 0 saturated carbocycles. The molecule has 0 heterocycles. The van der Waals surface area contributed by atoms with E-state index < -0.39 is 0 Å². The van der Waals surface area contributed by atoms with E-state index >= 15 is 0 Å². The number of fused-ring (bicyclic) bond motifs is 2. The first-order valence-corrected chi connectivity index (χ1v) is 6.64. The van der Waals surface area contributed by atoms with Crippen LogP contribution in [0.1, 0.15) is 0 Å². The molecule has 0 atom stereocenters. The summed E-state index contributed by atoms with van der Waals surface area (Å²) in [5.74, 6) is 0. The Labute approximate surface area is 169 Å². The van der Waals surface area contributed by atoms with Gasteiger partial charge in [0.05, 0.1) is 0 Å². The molecule has 4 aromatic rings. The van der Waals surface area contributed by atoms with Gasteiger partial charge in [0, 0.05) is 0 Å². The molecule has 0 aromatic heterocycles. The number of hydrogen-bond donors (Lipinski definition) is 0. The van der Waals surface area contributed by atoms with Crippen LogP contribution in [0.4, 0.5) is 0 Å². The van der Waals surface area contributed by atoms with Gasteiger partial charge in [-0.3, -0.25) is 0 Å². The maximum Gasteiger partial charge on any atom is 4.00 e. The molecule has 0 radical (unpaired) electrons. The molecule has 0 aliphatic heterocycles. The van der Waals surface area contributed by atoms with Gasteiger partial charge in [0.15, 0.2) is 0 Å². The van der Waals surface area contributed by atoms with Gasteiger partial charge in [-0.15, -0.1) is 72.5 Å². The van der Waals surface area contributed by atoms with Crippen molar-refractivity contribution in [3.63, 3.8) is 0 Å². The Balaban J connectivity index is 0. The zero-order chi connectivity index (χ0) is 14.2. The first kappa shape index (κ1) is 24.0. The summed E-state index contributed by atoms with van der Waals surface area (Å²) in [4.78, 5) is 0. The zero-order valence-electron chi connectivity index (χ0n) is 13.4. The zero-order valence-corrected chi connectivity index (χ0v) is 17.4. The van der Waals surface area contributed by atoms with Crippen molar-refractivity contribution in [3.8, 4) is 0 Å². The average molecular weight is 445 g/mol. The number of benzene rings is 2. The van der Waals surface area contributed by atoms with E-state index in [0.29, 0.717) is 0 Å². The van der Waals surface area contributed by atoms with Crippen LogP contribution in [0.2, 0.25) is 0 Å². The van der Waals surface area contributed by atoms with Crippen molar-refractivity contribution in [2.45, 2.75) is 0 Å². The molecular formula is C21H21BrZr. The minimum Gasteiger partial charge on any atom is -1.00 e. The largest absolute Gasteiger partial charge is 4.00 e. The molecular weight excluding hydrogens is 423 g/mol. The summed E-state index contributed by atoms with van der Waals surface area (Å²) in [6, 6.07) is 29.3. The topological polar surface area (TPSA) is 0 Å². The van der Waals surface area contributed by atoms with Crippen LogP contribution >= 0.6 is 0 Å². The summed E-state index contributed by atoms with van der Waals surface area (Å²) in [6.07, 6.45) is 0. The van der Waals surface area contributed by atoms with Crippen molar-refractivity contribution >= 4 is 21.5 Å². The number of rotatable bonds is 0. The van der Waals surface area contributed by atoms with E-state index in [9.17, 15) is 0 Å². The second-order valence-electron chi connectivity index (χ2n) is 4.31. The first-order chi connectivity index (χ1) is 9.93. The van der Waals surface area contributed by atoms with E-state index in [4.69, 9.17) is 0 Å². The molecule has 0 amide bonds. The average Bonchev–Trinajstić information content (AvgIpc) is 3.18. The van der Waals surface area contributed by atoms with Crippen LogP contribution < -0.4 is 17.0 Å². The maximum absolute atomic E-state index is 3.00. The van der Waals surface area contributed by atoms with Gasteiger partial charge in [-0.05, 0) is 0 Å². The van der Waals surface area contributed by atoms with E-state index in [1.807, 2.05) is 0 Å². The predicted molar refractivity (Wildman–Crippen MR) is 96.8 cm³/mol. The first-order valence-electron chi connectivity index (χ1n) is 6.64. The maximum atomic E-state index is 3.00. The van der Waals surface area contributed by atoms with Gasteiger partial charge in [0.25, 0.3) is 0 Å². The molecule has 0 aliphatic carbocycles. The molecule has 0 fully saturated rings. The van der Waals surface area contributed by atoms with Crippen molar-refractivity contribution < 1.29 is 43.2 Å². The molecule has 0 nitrogen and oxygen atoms in total. The van der Waals surface area contributed by atoms with E-state index in [2.05, 4.69) is 98.1 Å². The fourth-order valence-electron chi connectivity index (χ4n) is 2.14. The van der Waals surface area contributed by atoms with E-state index in [1.165, 1.54) is 21.5 Å². The third kappa shape index (κ3) is 6.81. The van der Waals surface area contributed by atoms with Crippen molar-refractivity contribution in [1.82, 2.24) is 0 Å². The Hall–Kier alpha value is -1.24. The van der Waals surface area contributed by atoms with Crippen LogP contribution in [0.25, 0.3) is 21.5 Å². The van der Waals surface area contributed by atoms with Gasteiger partial charge in [-0.1, -0.05) is 12.1 Å². The Kier molecular flexibility index (Phi) is 13.8. The molecule has 2 heteroatoms. The van der Waals surface area contributed by atoms with Crippen LogP contribution in [-0.4, -0.2) is 0 Å². The van der Waals surface area contributed by atoms with Gasteiger partial charge in [0.2, 0.25) is 0 Å². The summed E-state index contributed by atoms with van der Waals surface area (Å²) in [7, 11) is 0. The molecule has 0 aliphatic rings. The molecule has 116 valence electrons. The van der Waals surface area contributed by atoms with E-state index in [1.54, 1.807) is 0 Å². The SMILES string of the molecule is C=C.[Br-].[CH3-].[Zr+4].c1ccc2[cH-]ccc2c1.c1ccc2[cH-]ccc2c1. The van der Waals surface area contributed by atoms with Crippen molar-refractivity contribution in [1.29, 1.82) is 0 Å². The summed E-state index contributed by atoms with van der Waals surface area (Å²) >= 11 is 0.